The number of aromatic nitrogens is 1. The van der Waals surface area contributed by atoms with Crippen LogP contribution in [-0.2, 0) is 6.42 Å². The highest BCUT2D eigenvalue weighted by molar-refractivity contribution is 6.06. The fraction of sp³-hybridized carbons (Fsp3) is 0.385. The molecule has 2 aliphatic rings. The summed E-state index contributed by atoms with van der Waals surface area (Å²) in [6.45, 7) is 0. The number of nitrogens with zero attached hydrogens (tertiary/aromatic N) is 1. The van der Waals surface area contributed by atoms with Crippen molar-refractivity contribution >= 4 is 28.4 Å². The van der Waals surface area contributed by atoms with Crippen molar-refractivity contribution in [3.63, 3.8) is 0 Å². The van der Waals surface area contributed by atoms with Crippen LogP contribution in [-0.4, -0.2) is 29.5 Å². The van der Waals surface area contributed by atoms with Crippen molar-refractivity contribution in [1.29, 1.82) is 0 Å². The molecule has 166 valence electrons. The van der Waals surface area contributed by atoms with Crippen molar-refractivity contribution in [1.82, 2.24) is 4.57 Å². The molecule has 0 radical (unpaired) electrons. The Morgan fingerprint density at radius 3 is 2.62 bits per heavy atom. The van der Waals surface area contributed by atoms with E-state index in [1.807, 2.05) is 41.0 Å². The van der Waals surface area contributed by atoms with E-state index in [1.165, 1.54) is 19.3 Å². The lowest BCUT2D eigenvalue weighted by molar-refractivity contribution is 0.0889. The SMILES string of the molecule is COc1ccc2c(c1)c(-c1ccc(C(N)=O)c(NC3CCCCC3)c1)c1n2C(=O)CCC1. The van der Waals surface area contributed by atoms with E-state index < -0.39 is 5.91 Å². The van der Waals surface area contributed by atoms with Gasteiger partial charge in [0.05, 0.1) is 18.2 Å². The molecule has 3 aromatic rings. The molecule has 2 heterocycles. The van der Waals surface area contributed by atoms with Crippen molar-refractivity contribution in [2.75, 3.05) is 12.4 Å². The summed E-state index contributed by atoms with van der Waals surface area (Å²) < 4.78 is 7.34. The zero-order chi connectivity index (χ0) is 22.2. The summed E-state index contributed by atoms with van der Waals surface area (Å²) in [5.74, 6) is 0.445. The summed E-state index contributed by atoms with van der Waals surface area (Å²) in [6, 6.07) is 12.0. The molecule has 0 bridgehead atoms. The van der Waals surface area contributed by atoms with Crippen LogP contribution >= 0.6 is 0 Å². The highest BCUT2D eigenvalue weighted by Gasteiger charge is 2.26. The standard InChI is InChI=1S/C26H29N3O3/c1-32-18-11-13-22-20(15-18)25(23-8-5-9-24(30)29(22)23)16-10-12-19(26(27)31)21(14-16)28-17-6-3-2-4-7-17/h10-15,17,28H,2-9H2,1H3,(H2,27,31). The second kappa shape index (κ2) is 8.34. The number of fused-ring (bicyclic) bond motifs is 3. The third kappa shape index (κ3) is 3.53. The molecule has 3 N–H and O–H groups in total. The number of nitrogens with two attached hydrogens (primary N) is 1. The van der Waals surface area contributed by atoms with E-state index in [2.05, 4.69) is 5.32 Å². The first-order valence-corrected chi connectivity index (χ1v) is 11.5. The lowest BCUT2D eigenvalue weighted by Gasteiger charge is -2.25. The van der Waals surface area contributed by atoms with Crippen molar-refractivity contribution in [3.8, 4) is 16.9 Å². The molecule has 32 heavy (non-hydrogen) atoms. The van der Waals surface area contributed by atoms with Gasteiger partial charge in [-0.2, -0.15) is 0 Å². The Labute approximate surface area is 187 Å². The van der Waals surface area contributed by atoms with Crippen LogP contribution in [0.4, 0.5) is 5.69 Å². The number of hydrogen-bond acceptors (Lipinski definition) is 4. The number of amides is 1. The van der Waals surface area contributed by atoms with Crippen molar-refractivity contribution < 1.29 is 14.3 Å². The monoisotopic (exact) mass is 431 g/mol. The van der Waals surface area contributed by atoms with Gasteiger partial charge in [0.2, 0.25) is 5.91 Å². The largest absolute Gasteiger partial charge is 0.497 e. The number of primary amides is 1. The van der Waals surface area contributed by atoms with Gasteiger partial charge in [0.25, 0.3) is 5.91 Å². The first-order valence-electron chi connectivity index (χ1n) is 11.5. The van der Waals surface area contributed by atoms with Gasteiger partial charge in [-0.25, -0.2) is 0 Å². The smallest absolute Gasteiger partial charge is 0.250 e. The van der Waals surface area contributed by atoms with Gasteiger partial charge < -0.3 is 15.8 Å². The maximum absolute atomic E-state index is 12.8. The predicted octanol–water partition coefficient (Wildman–Crippen LogP) is 5.14. The molecule has 1 aliphatic heterocycles. The summed E-state index contributed by atoms with van der Waals surface area (Å²) in [4.78, 5) is 25.0. The number of carbonyl (C=O) groups is 2. The topological polar surface area (TPSA) is 86.3 Å². The predicted molar refractivity (Wildman–Crippen MR) is 127 cm³/mol. The van der Waals surface area contributed by atoms with Crippen molar-refractivity contribution in [3.05, 3.63) is 47.7 Å². The van der Waals surface area contributed by atoms with E-state index in [0.717, 1.165) is 64.8 Å². The fourth-order valence-electron chi connectivity index (χ4n) is 5.31. The molecule has 0 atom stereocenters. The molecule has 1 fully saturated rings. The van der Waals surface area contributed by atoms with E-state index in [4.69, 9.17) is 10.5 Å². The van der Waals surface area contributed by atoms with E-state index >= 15 is 0 Å². The molecular formula is C26H29N3O3. The third-order valence-electron chi connectivity index (χ3n) is 6.86. The Balaban J connectivity index is 1.68. The molecule has 6 heteroatoms. The van der Waals surface area contributed by atoms with Crippen LogP contribution in [0.25, 0.3) is 22.0 Å². The van der Waals surface area contributed by atoms with Crippen LogP contribution in [0.2, 0.25) is 0 Å². The first kappa shape index (κ1) is 20.6. The molecule has 1 saturated carbocycles. The van der Waals surface area contributed by atoms with Gasteiger partial charge in [-0.3, -0.25) is 14.2 Å². The third-order valence-corrected chi connectivity index (χ3v) is 6.86. The molecular weight excluding hydrogens is 402 g/mol. The minimum Gasteiger partial charge on any atom is -0.497 e. The Morgan fingerprint density at radius 2 is 1.88 bits per heavy atom. The summed E-state index contributed by atoms with van der Waals surface area (Å²) in [6.07, 6.45) is 8.08. The minimum absolute atomic E-state index is 0.127. The average molecular weight is 432 g/mol. The molecule has 5 rings (SSSR count). The number of anilines is 1. The normalized spacial score (nSPS) is 16.7. The molecule has 1 aromatic heterocycles. The van der Waals surface area contributed by atoms with Crippen LogP contribution in [0.15, 0.2) is 36.4 Å². The number of methoxy groups -OCH3 is 1. The fourth-order valence-corrected chi connectivity index (χ4v) is 5.31. The van der Waals surface area contributed by atoms with Gasteiger partial charge in [0.15, 0.2) is 0 Å². The van der Waals surface area contributed by atoms with Gasteiger partial charge in [0.1, 0.15) is 5.75 Å². The number of rotatable bonds is 5. The zero-order valence-corrected chi connectivity index (χ0v) is 18.4. The summed E-state index contributed by atoms with van der Waals surface area (Å²) in [5, 5.41) is 4.58. The number of nitrogens with one attached hydrogen (secondary N) is 1. The van der Waals surface area contributed by atoms with E-state index in [1.54, 1.807) is 7.11 Å². The second-order valence-corrected chi connectivity index (χ2v) is 8.89. The minimum atomic E-state index is -0.435. The van der Waals surface area contributed by atoms with E-state index in [0.29, 0.717) is 18.0 Å². The average Bonchev–Trinajstić information content (AvgIpc) is 3.14. The molecule has 0 spiro atoms. The van der Waals surface area contributed by atoms with Crippen molar-refractivity contribution in [2.24, 2.45) is 5.73 Å². The highest BCUT2D eigenvalue weighted by Crippen LogP contribution is 2.41. The quantitative estimate of drug-likeness (QED) is 0.586. The van der Waals surface area contributed by atoms with Gasteiger partial charge in [-0.15, -0.1) is 0 Å². The van der Waals surface area contributed by atoms with Crippen LogP contribution in [0, 0.1) is 0 Å². The lowest BCUT2D eigenvalue weighted by atomic mass is 9.93. The van der Waals surface area contributed by atoms with Crippen LogP contribution in [0.3, 0.4) is 0 Å². The Hall–Kier alpha value is -3.28. The van der Waals surface area contributed by atoms with Crippen LogP contribution in [0.5, 0.6) is 5.75 Å². The Morgan fingerprint density at radius 1 is 1.06 bits per heavy atom. The second-order valence-electron chi connectivity index (χ2n) is 8.89. The maximum atomic E-state index is 12.8. The van der Waals surface area contributed by atoms with Gasteiger partial charge in [-0.1, -0.05) is 25.3 Å². The number of hydrogen-bond donors (Lipinski definition) is 2. The highest BCUT2D eigenvalue weighted by atomic mass is 16.5. The Kier molecular flexibility index (Phi) is 5.37. The zero-order valence-electron chi connectivity index (χ0n) is 18.4. The molecule has 1 amide bonds. The number of carbonyl (C=O) groups excluding carboxylic acids is 2. The molecule has 0 unspecified atom stereocenters. The summed E-state index contributed by atoms with van der Waals surface area (Å²) in [7, 11) is 1.65. The van der Waals surface area contributed by atoms with Gasteiger partial charge >= 0.3 is 0 Å². The summed E-state index contributed by atoms with van der Waals surface area (Å²) >= 11 is 0. The Bertz CT molecular complexity index is 1200. The maximum Gasteiger partial charge on any atom is 0.250 e. The molecule has 1 aliphatic carbocycles. The molecule has 2 aromatic carbocycles. The number of ether oxygens (including phenoxy) is 1. The van der Waals surface area contributed by atoms with E-state index in [9.17, 15) is 9.59 Å². The lowest BCUT2D eigenvalue weighted by Crippen LogP contribution is -2.24. The van der Waals surface area contributed by atoms with E-state index in [-0.39, 0.29) is 5.91 Å². The molecule has 0 saturated heterocycles. The first-order chi connectivity index (χ1) is 15.6. The summed E-state index contributed by atoms with van der Waals surface area (Å²) in [5.41, 5.74) is 10.9. The van der Waals surface area contributed by atoms with Crippen LogP contribution in [0.1, 0.15) is 65.8 Å². The van der Waals surface area contributed by atoms with Gasteiger partial charge in [0, 0.05) is 34.8 Å². The number of benzene rings is 2. The molecule has 6 nitrogen and oxygen atoms in total. The van der Waals surface area contributed by atoms with Crippen LogP contribution < -0.4 is 15.8 Å². The van der Waals surface area contributed by atoms with Crippen molar-refractivity contribution in [2.45, 2.75) is 57.4 Å². The van der Waals surface area contributed by atoms with Gasteiger partial charge in [-0.05, 0) is 61.6 Å².